The number of amides is 1. The minimum Gasteiger partial charge on any atom is -0.507 e. The van der Waals surface area contributed by atoms with E-state index in [1.54, 1.807) is 54.6 Å². The summed E-state index contributed by atoms with van der Waals surface area (Å²) in [5.74, 6) is -0.943. The van der Waals surface area contributed by atoms with E-state index in [0.29, 0.717) is 41.5 Å². The Morgan fingerprint density at radius 3 is 2.56 bits per heavy atom. The van der Waals surface area contributed by atoms with Gasteiger partial charge in [-0.3, -0.25) is 9.59 Å². The van der Waals surface area contributed by atoms with E-state index in [4.69, 9.17) is 16.3 Å². The Kier molecular flexibility index (Phi) is 7.72. The van der Waals surface area contributed by atoms with Crippen molar-refractivity contribution < 1.29 is 19.4 Å². The molecule has 1 fully saturated rings. The van der Waals surface area contributed by atoms with Crippen LogP contribution in [0.2, 0.25) is 5.02 Å². The molecule has 0 unspecified atom stereocenters. The molecule has 0 aliphatic carbocycles. The lowest BCUT2D eigenvalue weighted by atomic mass is 9.95. The van der Waals surface area contributed by atoms with Crippen molar-refractivity contribution in [3.05, 3.63) is 82.9 Å². The zero-order valence-corrected chi connectivity index (χ0v) is 19.0. The normalized spacial score (nSPS) is 17.8. The average Bonchev–Trinajstić information content (AvgIpc) is 3.02. The molecule has 2 aromatic carbocycles. The van der Waals surface area contributed by atoms with Crippen LogP contribution >= 0.6 is 11.6 Å². The number of rotatable bonds is 9. The number of likely N-dealkylation sites (tertiary alicyclic amines) is 1. The highest BCUT2D eigenvalue weighted by atomic mass is 35.5. The van der Waals surface area contributed by atoms with Crippen molar-refractivity contribution >= 4 is 29.1 Å². The number of nitrogens with zero attached hydrogens (tertiary/aromatic N) is 2. The highest BCUT2D eigenvalue weighted by Crippen LogP contribution is 2.40. The van der Waals surface area contributed by atoms with Gasteiger partial charge in [0, 0.05) is 17.1 Å². The molecular weight excluding hydrogens is 428 g/mol. The summed E-state index contributed by atoms with van der Waals surface area (Å²) in [6, 6.07) is 13.0. The number of hydrogen-bond acceptors (Lipinski definition) is 5. The number of Topliss-reactive ketones (excluding diaryl/α,β-unsaturated/α-hetero) is 1. The lowest BCUT2D eigenvalue weighted by Crippen LogP contribution is -2.32. The summed E-state index contributed by atoms with van der Waals surface area (Å²) < 4.78 is 5.47. The zero-order chi connectivity index (χ0) is 23.3. The molecule has 0 radical (unpaired) electrons. The van der Waals surface area contributed by atoms with Crippen LogP contribution in [0.1, 0.15) is 23.6 Å². The lowest BCUT2D eigenvalue weighted by molar-refractivity contribution is -0.139. The first-order chi connectivity index (χ1) is 15.3. The van der Waals surface area contributed by atoms with Crippen LogP contribution in [0.25, 0.3) is 5.76 Å². The largest absolute Gasteiger partial charge is 0.507 e. The van der Waals surface area contributed by atoms with Crippen LogP contribution in [0, 0.1) is 0 Å². The van der Waals surface area contributed by atoms with Crippen LogP contribution in [0.3, 0.4) is 0 Å². The molecule has 0 spiro atoms. The first kappa shape index (κ1) is 23.6. The van der Waals surface area contributed by atoms with Gasteiger partial charge in [-0.25, -0.2) is 0 Å². The van der Waals surface area contributed by atoms with Gasteiger partial charge in [0.05, 0.1) is 11.6 Å². The van der Waals surface area contributed by atoms with Gasteiger partial charge < -0.3 is 19.6 Å². The Balaban J connectivity index is 2.03. The molecule has 1 atom stereocenters. The van der Waals surface area contributed by atoms with E-state index in [0.717, 1.165) is 6.54 Å². The molecule has 7 heteroatoms. The number of aliphatic hydroxyl groups excluding tert-OH is 1. The second-order valence-electron chi connectivity index (χ2n) is 7.83. The molecule has 168 valence electrons. The van der Waals surface area contributed by atoms with Crippen LogP contribution in [-0.4, -0.2) is 60.4 Å². The van der Waals surface area contributed by atoms with Gasteiger partial charge in [0.15, 0.2) is 0 Å². The second-order valence-corrected chi connectivity index (χ2v) is 8.26. The SMILES string of the molecule is C=CCOc1ccc(/C(O)=C2\C(=O)C(=O)N(CCCN(C)C)[C@@H]2c2cccc(Cl)c2)cc1. The van der Waals surface area contributed by atoms with Crippen LogP contribution in [0.4, 0.5) is 0 Å². The minimum absolute atomic E-state index is 0.0573. The van der Waals surface area contributed by atoms with E-state index in [2.05, 4.69) is 6.58 Å². The smallest absolute Gasteiger partial charge is 0.295 e. The van der Waals surface area contributed by atoms with E-state index in [9.17, 15) is 14.7 Å². The molecule has 1 heterocycles. The molecule has 1 aliphatic rings. The van der Waals surface area contributed by atoms with Crippen molar-refractivity contribution in [2.24, 2.45) is 0 Å². The van der Waals surface area contributed by atoms with Gasteiger partial charge in [-0.05, 0) is 69.0 Å². The highest BCUT2D eigenvalue weighted by Gasteiger charge is 2.45. The number of ketones is 1. The van der Waals surface area contributed by atoms with Gasteiger partial charge in [0.1, 0.15) is 18.1 Å². The maximum absolute atomic E-state index is 13.0. The molecular formula is C25H27ClN2O4. The molecule has 6 nitrogen and oxygen atoms in total. The Labute approximate surface area is 193 Å². The maximum atomic E-state index is 13.0. The number of benzene rings is 2. The number of aliphatic hydroxyl groups is 1. The van der Waals surface area contributed by atoms with Gasteiger partial charge in [0.25, 0.3) is 11.7 Å². The Hall–Kier alpha value is -3.09. The summed E-state index contributed by atoms with van der Waals surface area (Å²) in [7, 11) is 3.90. The number of hydrogen-bond donors (Lipinski definition) is 1. The van der Waals surface area contributed by atoms with Crippen LogP contribution in [-0.2, 0) is 9.59 Å². The molecule has 1 aliphatic heterocycles. The topological polar surface area (TPSA) is 70.1 Å². The first-order valence-corrected chi connectivity index (χ1v) is 10.7. The van der Waals surface area contributed by atoms with E-state index < -0.39 is 17.7 Å². The van der Waals surface area contributed by atoms with Gasteiger partial charge >= 0.3 is 0 Å². The molecule has 1 saturated heterocycles. The minimum atomic E-state index is -0.715. The van der Waals surface area contributed by atoms with Gasteiger partial charge in [0.2, 0.25) is 0 Å². The molecule has 0 aromatic heterocycles. The van der Waals surface area contributed by atoms with E-state index in [-0.39, 0.29) is 11.3 Å². The summed E-state index contributed by atoms with van der Waals surface area (Å²) in [5, 5.41) is 11.6. The highest BCUT2D eigenvalue weighted by molar-refractivity contribution is 6.46. The fourth-order valence-corrected chi connectivity index (χ4v) is 3.91. The van der Waals surface area contributed by atoms with Gasteiger partial charge in [-0.1, -0.05) is 36.4 Å². The molecule has 3 rings (SSSR count). The van der Waals surface area contributed by atoms with Crippen molar-refractivity contribution in [1.29, 1.82) is 0 Å². The Morgan fingerprint density at radius 1 is 1.22 bits per heavy atom. The molecule has 1 amide bonds. The summed E-state index contributed by atoms with van der Waals surface area (Å²) in [6.45, 7) is 5.11. The number of ether oxygens (including phenoxy) is 1. The third kappa shape index (κ3) is 5.21. The molecule has 0 saturated carbocycles. The van der Waals surface area contributed by atoms with Crippen LogP contribution in [0.5, 0.6) is 5.75 Å². The van der Waals surface area contributed by atoms with Crippen molar-refractivity contribution in [1.82, 2.24) is 9.80 Å². The molecule has 1 N–H and O–H groups in total. The summed E-state index contributed by atoms with van der Waals surface area (Å²) in [5.41, 5.74) is 1.16. The zero-order valence-electron chi connectivity index (χ0n) is 18.3. The average molecular weight is 455 g/mol. The van der Waals surface area contributed by atoms with Gasteiger partial charge in [-0.2, -0.15) is 0 Å². The second kappa shape index (κ2) is 10.5. The van der Waals surface area contributed by atoms with Crippen molar-refractivity contribution in [2.45, 2.75) is 12.5 Å². The third-order valence-electron chi connectivity index (χ3n) is 5.20. The number of halogens is 1. The predicted octanol–water partition coefficient (Wildman–Crippen LogP) is 4.28. The fourth-order valence-electron chi connectivity index (χ4n) is 3.71. The van der Waals surface area contributed by atoms with Crippen LogP contribution < -0.4 is 4.74 Å². The first-order valence-electron chi connectivity index (χ1n) is 10.4. The van der Waals surface area contributed by atoms with Crippen molar-refractivity contribution in [3.8, 4) is 5.75 Å². The summed E-state index contributed by atoms with van der Waals surface area (Å²) in [4.78, 5) is 29.5. The van der Waals surface area contributed by atoms with Crippen molar-refractivity contribution in [3.63, 3.8) is 0 Å². The van der Waals surface area contributed by atoms with E-state index in [1.807, 2.05) is 19.0 Å². The lowest BCUT2D eigenvalue weighted by Gasteiger charge is -2.26. The summed E-state index contributed by atoms with van der Waals surface area (Å²) >= 11 is 6.20. The molecule has 32 heavy (non-hydrogen) atoms. The maximum Gasteiger partial charge on any atom is 0.295 e. The molecule has 0 bridgehead atoms. The quantitative estimate of drug-likeness (QED) is 0.265. The number of carbonyl (C=O) groups is 2. The fraction of sp³-hybridized carbons (Fsp3) is 0.280. The third-order valence-corrected chi connectivity index (χ3v) is 5.44. The Bertz CT molecular complexity index is 1030. The predicted molar refractivity (Wildman–Crippen MR) is 126 cm³/mol. The van der Waals surface area contributed by atoms with Crippen LogP contribution in [0.15, 0.2) is 66.8 Å². The molecule has 2 aromatic rings. The summed E-state index contributed by atoms with van der Waals surface area (Å²) in [6.07, 6.45) is 2.32. The Morgan fingerprint density at radius 2 is 1.94 bits per heavy atom. The van der Waals surface area contributed by atoms with Gasteiger partial charge in [-0.15, -0.1) is 0 Å². The van der Waals surface area contributed by atoms with Crippen molar-refractivity contribution in [2.75, 3.05) is 33.8 Å². The van der Waals surface area contributed by atoms with E-state index >= 15 is 0 Å². The number of carbonyl (C=O) groups excluding carboxylic acids is 2. The monoisotopic (exact) mass is 454 g/mol. The van der Waals surface area contributed by atoms with E-state index in [1.165, 1.54) is 4.90 Å². The standard InChI is InChI=1S/C25H27ClN2O4/c1-4-15-32-20-11-9-17(10-12-20)23(29)21-22(18-7-5-8-19(26)16-18)28(25(31)24(21)30)14-6-13-27(2)3/h4-5,7-12,16,22,29H,1,6,13-15H2,2-3H3/b23-21+/t22-/m1/s1.